The van der Waals surface area contributed by atoms with Crippen molar-refractivity contribution in [1.29, 1.82) is 0 Å². The smallest absolute Gasteiger partial charge is 0.259 e. The highest BCUT2D eigenvalue weighted by molar-refractivity contribution is 5.86. The first kappa shape index (κ1) is 18.3. The van der Waals surface area contributed by atoms with Crippen LogP contribution in [-0.2, 0) is 4.79 Å². The van der Waals surface area contributed by atoms with Crippen LogP contribution in [0.15, 0.2) is 59.7 Å². The molecule has 0 spiro atoms. The van der Waals surface area contributed by atoms with E-state index in [0.717, 1.165) is 22.6 Å². The third-order valence-corrected chi connectivity index (χ3v) is 4.03. The Kier molecular flexibility index (Phi) is 5.61. The highest BCUT2D eigenvalue weighted by atomic mass is 19.1. The first-order valence-electron chi connectivity index (χ1n) is 8.47. The van der Waals surface area contributed by atoms with Crippen LogP contribution in [0.4, 0.5) is 10.1 Å². The summed E-state index contributed by atoms with van der Waals surface area (Å²) in [5.74, 6) is -0.627. The van der Waals surface area contributed by atoms with Gasteiger partial charge in [0, 0.05) is 11.3 Å². The van der Waals surface area contributed by atoms with Crippen molar-refractivity contribution in [3.8, 4) is 5.69 Å². The van der Waals surface area contributed by atoms with Gasteiger partial charge in [0.15, 0.2) is 0 Å². The van der Waals surface area contributed by atoms with Crippen LogP contribution in [0.2, 0.25) is 0 Å². The van der Waals surface area contributed by atoms with Gasteiger partial charge in [-0.3, -0.25) is 4.79 Å². The van der Waals surface area contributed by atoms with Gasteiger partial charge in [0.2, 0.25) is 0 Å². The molecule has 1 heterocycles. The number of rotatable bonds is 6. The molecule has 0 fully saturated rings. The SMILES string of the molecule is Cc1nn(-c2ccccc2)c(C)c1/C=N/NC(=O)CNc1ccc(F)cc1. The third kappa shape index (κ3) is 4.58. The number of amides is 1. The molecular formula is C20H20FN5O. The van der Waals surface area contributed by atoms with Gasteiger partial charge in [-0.25, -0.2) is 14.5 Å². The van der Waals surface area contributed by atoms with Crippen molar-refractivity contribution in [3.63, 3.8) is 0 Å². The van der Waals surface area contributed by atoms with Gasteiger partial charge in [-0.15, -0.1) is 0 Å². The van der Waals surface area contributed by atoms with E-state index in [4.69, 9.17) is 0 Å². The number of nitrogens with one attached hydrogen (secondary N) is 2. The quantitative estimate of drug-likeness (QED) is 0.521. The molecule has 0 atom stereocenters. The van der Waals surface area contributed by atoms with Crippen LogP contribution >= 0.6 is 0 Å². The Bertz CT molecular complexity index is 949. The van der Waals surface area contributed by atoms with Crippen LogP contribution < -0.4 is 10.7 Å². The molecule has 1 aromatic heterocycles. The van der Waals surface area contributed by atoms with Crippen molar-refractivity contribution < 1.29 is 9.18 Å². The number of aromatic nitrogens is 2. The second-order valence-corrected chi connectivity index (χ2v) is 5.99. The number of halogens is 1. The maximum Gasteiger partial charge on any atom is 0.259 e. The van der Waals surface area contributed by atoms with E-state index in [-0.39, 0.29) is 18.3 Å². The zero-order valence-corrected chi connectivity index (χ0v) is 15.1. The number of hydrogen-bond donors (Lipinski definition) is 2. The molecule has 138 valence electrons. The molecule has 0 aliphatic heterocycles. The summed E-state index contributed by atoms with van der Waals surface area (Å²) in [7, 11) is 0. The lowest BCUT2D eigenvalue weighted by Gasteiger charge is -2.05. The van der Waals surface area contributed by atoms with Crippen molar-refractivity contribution >= 4 is 17.8 Å². The summed E-state index contributed by atoms with van der Waals surface area (Å²) in [6.45, 7) is 3.88. The lowest BCUT2D eigenvalue weighted by molar-refractivity contribution is -0.119. The summed E-state index contributed by atoms with van der Waals surface area (Å²) in [5, 5.41) is 11.4. The molecule has 7 heteroatoms. The first-order valence-corrected chi connectivity index (χ1v) is 8.47. The number of hydrazone groups is 1. The van der Waals surface area contributed by atoms with Gasteiger partial charge >= 0.3 is 0 Å². The maximum absolute atomic E-state index is 12.9. The molecule has 0 unspecified atom stereocenters. The summed E-state index contributed by atoms with van der Waals surface area (Å²) in [4.78, 5) is 11.9. The van der Waals surface area contributed by atoms with E-state index in [0.29, 0.717) is 5.69 Å². The van der Waals surface area contributed by atoms with Gasteiger partial charge in [0.25, 0.3) is 5.91 Å². The van der Waals surface area contributed by atoms with E-state index >= 15 is 0 Å². The number of aryl methyl sites for hydroxylation is 1. The highest BCUT2D eigenvalue weighted by Crippen LogP contribution is 2.16. The fraction of sp³-hybridized carbons (Fsp3) is 0.150. The van der Waals surface area contributed by atoms with Crippen LogP contribution in [0.1, 0.15) is 17.0 Å². The Balaban J connectivity index is 1.60. The van der Waals surface area contributed by atoms with Gasteiger partial charge in [0.1, 0.15) is 5.82 Å². The summed E-state index contributed by atoms with van der Waals surface area (Å²) in [6, 6.07) is 15.6. The average molecular weight is 365 g/mol. The molecule has 2 N–H and O–H groups in total. The molecule has 6 nitrogen and oxygen atoms in total. The molecule has 0 radical (unpaired) electrons. The molecule has 0 aliphatic rings. The zero-order chi connectivity index (χ0) is 19.2. The van der Waals surface area contributed by atoms with Crippen LogP contribution in [0, 0.1) is 19.7 Å². The zero-order valence-electron chi connectivity index (χ0n) is 15.1. The molecule has 0 aliphatic carbocycles. The standard InChI is InChI=1S/C20H20FN5O/c1-14-19(15(2)26(25-14)18-6-4-3-5-7-18)12-23-24-20(27)13-22-17-10-8-16(21)9-11-17/h3-12,22H,13H2,1-2H3,(H,24,27)/b23-12+. The Morgan fingerprint density at radius 2 is 1.85 bits per heavy atom. The predicted molar refractivity (Wildman–Crippen MR) is 104 cm³/mol. The number of carbonyl (C=O) groups excluding carboxylic acids is 1. The van der Waals surface area contributed by atoms with Gasteiger partial charge in [0.05, 0.1) is 29.8 Å². The second kappa shape index (κ2) is 8.27. The van der Waals surface area contributed by atoms with E-state index < -0.39 is 0 Å². The monoisotopic (exact) mass is 365 g/mol. The van der Waals surface area contributed by atoms with Crippen molar-refractivity contribution in [2.24, 2.45) is 5.10 Å². The van der Waals surface area contributed by atoms with Crippen molar-refractivity contribution in [3.05, 3.63) is 77.4 Å². The lowest BCUT2D eigenvalue weighted by Crippen LogP contribution is -2.25. The summed E-state index contributed by atoms with van der Waals surface area (Å²) < 4.78 is 14.7. The minimum Gasteiger partial charge on any atom is -0.376 e. The largest absolute Gasteiger partial charge is 0.376 e. The normalized spacial score (nSPS) is 10.9. The number of carbonyl (C=O) groups is 1. The fourth-order valence-corrected chi connectivity index (χ4v) is 2.62. The van der Waals surface area contributed by atoms with Gasteiger partial charge < -0.3 is 5.32 Å². The van der Waals surface area contributed by atoms with E-state index in [9.17, 15) is 9.18 Å². The third-order valence-electron chi connectivity index (χ3n) is 4.03. The molecule has 27 heavy (non-hydrogen) atoms. The lowest BCUT2D eigenvalue weighted by atomic mass is 10.2. The first-order chi connectivity index (χ1) is 13.0. The van der Waals surface area contributed by atoms with Crippen LogP contribution in [0.5, 0.6) is 0 Å². The Labute approximate surface area is 156 Å². The van der Waals surface area contributed by atoms with Crippen molar-refractivity contribution in [2.75, 3.05) is 11.9 Å². The fourth-order valence-electron chi connectivity index (χ4n) is 2.62. The average Bonchev–Trinajstić information content (AvgIpc) is 2.96. The van der Waals surface area contributed by atoms with E-state index in [1.807, 2.05) is 48.9 Å². The molecule has 1 amide bonds. The number of anilines is 1. The number of hydrogen-bond acceptors (Lipinski definition) is 4. The van der Waals surface area contributed by atoms with Gasteiger partial charge in [-0.2, -0.15) is 10.2 Å². The second-order valence-electron chi connectivity index (χ2n) is 5.99. The topological polar surface area (TPSA) is 71.3 Å². The highest BCUT2D eigenvalue weighted by Gasteiger charge is 2.11. The summed E-state index contributed by atoms with van der Waals surface area (Å²) >= 11 is 0. The van der Waals surface area contributed by atoms with Gasteiger partial charge in [-0.1, -0.05) is 18.2 Å². The van der Waals surface area contributed by atoms with Crippen LogP contribution in [0.25, 0.3) is 5.69 Å². The minimum atomic E-state index is -0.323. The number of benzene rings is 2. The Hall–Kier alpha value is -3.48. The predicted octanol–water partition coefficient (Wildman–Crippen LogP) is 3.19. The molecule has 2 aromatic carbocycles. The molecular weight excluding hydrogens is 345 g/mol. The van der Waals surface area contributed by atoms with Crippen LogP contribution in [-0.4, -0.2) is 28.4 Å². The summed E-state index contributed by atoms with van der Waals surface area (Å²) in [6.07, 6.45) is 1.59. The molecule has 3 rings (SSSR count). The number of para-hydroxylation sites is 1. The van der Waals surface area contributed by atoms with Crippen molar-refractivity contribution in [2.45, 2.75) is 13.8 Å². The van der Waals surface area contributed by atoms with E-state index in [2.05, 4.69) is 20.9 Å². The molecule has 0 saturated heterocycles. The van der Waals surface area contributed by atoms with E-state index in [1.165, 1.54) is 12.1 Å². The molecule has 0 bridgehead atoms. The van der Waals surface area contributed by atoms with E-state index in [1.54, 1.807) is 18.3 Å². The number of nitrogens with zero attached hydrogens (tertiary/aromatic N) is 3. The Morgan fingerprint density at radius 1 is 1.15 bits per heavy atom. The minimum absolute atomic E-state index is 0.0320. The molecule has 3 aromatic rings. The maximum atomic E-state index is 12.9. The Morgan fingerprint density at radius 3 is 2.56 bits per heavy atom. The van der Waals surface area contributed by atoms with Crippen LogP contribution in [0.3, 0.4) is 0 Å². The van der Waals surface area contributed by atoms with Gasteiger partial charge in [-0.05, 0) is 50.2 Å². The molecule has 0 saturated carbocycles. The van der Waals surface area contributed by atoms with Crippen molar-refractivity contribution in [1.82, 2.24) is 15.2 Å². The summed E-state index contributed by atoms with van der Waals surface area (Å²) in [5.41, 5.74) is 6.70.